The summed E-state index contributed by atoms with van der Waals surface area (Å²) in [6.07, 6.45) is 2.68. The van der Waals surface area contributed by atoms with E-state index in [1.54, 1.807) is 28.0 Å². The summed E-state index contributed by atoms with van der Waals surface area (Å²) in [7, 11) is 0. The number of anilines is 1. The number of piperazine rings is 1. The fourth-order valence-corrected chi connectivity index (χ4v) is 4.96. The van der Waals surface area contributed by atoms with Gasteiger partial charge in [0.1, 0.15) is 17.2 Å². The number of fused-ring (bicyclic) bond motifs is 1. The van der Waals surface area contributed by atoms with Crippen LogP contribution >= 0.6 is 0 Å². The number of carbonyl (C=O) groups is 2. The van der Waals surface area contributed by atoms with Crippen molar-refractivity contribution in [2.24, 2.45) is 0 Å². The molecule has 35 heavy (non-hydrogen) atoms. The second kappa shape index (κ2) is 9.15. The molecule has 8 heteroatoms. The Bertz CT molecular complexity index is 1120. The minimum absolute atomic E-state index is 0.0823. The number of rotatable bonds is 6. The maximum Gasteiger partial charge on any atom is 0.254 e. The maximum absolute atomic E-state index is 13.8. The van der Waals surface area contributed by atoms with Crippen molar-refractivity contribution in [3.8, 4) is 5.75 Å². The average molecular weight is 482 g/mol. The number of halogens is 1. The third kappa shape index (κ3) is 4.47. The van der Waals surface area contributed by atoms with Crippen LogP contribution in [0.4, 0.5) is 10.1 Å². The first-order chi connectivity index (χ1) is 16.8. The maximum atomic E-state index is 13.8. The van der Waals surface area contributed by atoms with Crippen molar-refractivity contribution in [1.29, 1.82) is 0 Å². The smallest absolute Gasteiger partial charge is 0.254 e. The van der Waals surface area contributed by atoms with Crippen molar-refractivity contribution >= 4 is 17.5 Å². The SMILES string of the molecule is CCCCN1c2ccc(F)cc2OC1c1ccc(C(=O)N2CCN(C(=O)C3(O)CC3)[C@H](C)C2)cc1. The molecule has 1 saturated carbocycles. The zero-order valence-electron chi connectivity index (χ0n) is 20.2. The van der Waals surface area contributed by atoms with Crippen LogP contribution in [0.2, 0.25) is 0 Å². The number of hydrogen-bond acceptors (Lipinski definition) is 5. The summed E-state index contributed by atoms with van der Waals surface area (Å²) in [6, 6.07) is 11.9. The summed E-state index contributed by atoms with van der Waals surface area (Å²) in [5, 5.41) is 10.2. The van der Waals surface area contributed by atoms with Crippen LogP contribution < -0.4 is 9.64 Å². The number of carbonyl (C=O) groups excluding carboxylic acids is 2. The normalized spacial score (nSPS) is 22.6. The molecule has 2 aromatic rings. The van der Waals surface area contributed by atoms with E-state index in [1.807, 2.05) is 19.1 Å². The molecular weight excluding hydrogens is 449 g/mol. The zero-order valence-corrected chi connectivity index (χ0v) is 20.2. The Hall–Kier alpha value is -3.13. The van der Waals surface area contributed by atoms with Gasteiger partial charge in [-0.15, -0.1) is 0 Å². The van der Waals surface area contributed by atoms with Crippen LogP contribution in [0.15, 0.2) is 42.5 Å². The highest BCUT2D eigenvalue weighted by Gasteiger charge is 2.51. The molecule has 1 aliphatic carbocycles. The highest BCUT2D eigenvalue weighted by atomic mass is 19.1. The minimum atomic E-state index is -1.19. The lowest BCUT2D eigenvalue weighted by Crippen LogP contribution is -2.57. The Labute approximate surface area is 205 Å². The van der Waals surface area contributed by atoms with Crippen molar-refractivity contribution in [1.82, 2.24) is 9.80 Å². The molecule has 0 bridgehead atoms. The van der Waals surface area contributed by atoms with E-state index in [4.69, 9.17) is 4.74 Å². The third-order valence-corrected chi connectivity index (χ3v) is 7.25. The number of ether oxygens (including phenoxy) is 1. The summed E-state index contributed by atoms with van der Waals surface area (Å²) in [6.45, 7) is 6.11. The lowest BCUT2D eigenvalue weighted by Gasteiger charge is -2.40. The van der Waals surface area contributed by atoms with Crippen LogP contribution in [0.3, 0.4) is 0 Å². The molecule has 2 amide bonds. The lowest BCUT2D eigenvalue weighted by molar-refractivity contribution is -0.146. The van der Waals surface area contributed by atoms with Crippen molar-refractivity contribution in [3.05, 3.63) is 59.4 Å². The topological polar surface area (TPSA) is 73.3 Å². The lowest BCUT2D eigenvalue weighted by atomic mass is 10.1. The highest BCUT2D eigenvalue weighted by molar-refractivity contribution is 5.95. The van der Waals surface area contributed by atoms with E-state index < -0.39 is 5.60 Å². The van der Waals surface area contributed by atoms with Gasteiger partial charge < -0.3 is 24.5 Å². The fraction of sp³-hybridized carbons (Fsp3) is 0.481. The van der Waals surface area contributed by atoms with Gasteiger partial charge in [-0.3, -0.25) is 9.59 Å². The molecule has 2 heterocycles. The molecule has 2 atom stereocenters. The van der Waals surface area contributed by atoms with Crippen LogP contribution in [0.1, 0.15) is 61.7 Å². The number of hydrogen-bond donors (Lipinski definition) is 1. The van der Waals surface area contributed by atoms with Gasteiger partial charge in [0.05, 0.1) is 5.69 Å². The third-order valence-electron chi connectivity index (χ3n) is 7.25. The molecule has 2 aromatic carbocycles. The van der Waals surface area contributed by atoms with E-state index in [0.29, 0.717) is 43.8 Å². The first kappa shape index (κ1) is 23.6. The van der Waals surface area contributed by atoms with Crippen LogP contribution in [0.5, 0.6) is 5.75 Å². The monoisotopic (exact) mass is 481 g/mol. The van der Waals surface area contributed by atoms with E-state index in [-0.39, 0.29) is 29.9 Å². The molecule has 5 rings (SSSR count). The van der Waals surface area contributed by atoms with Crippen molar-refractivity contribution in [2.45, 2.75) is 57.4 Å². The Morgan fingerprint density at radius 3 is 2.54 bits per heavy atom. The standard InChI is InChI=1S/C27H32FN3O4/c1-3-4-13-31-22-10-9-21(28)16-23(22)35-25(31)20-7-5-19(6-8-20)24(32)29-14-15-30(18(2)17-29)26(33)27(34)11-12-27/h5-10,16,18,25,34H,3-4,11-15,17H2,1-2H3/t18-,25?/m1/s1. The quantitative estimate of drug-likeness (QED) is 0.681. The summed E-state index contributed by atoms with van der Waals surface area (Å²) in [5.74, 6) is -0.0979. The predicted octanol–water partition coefficient (Wildman–Crippen LogP) is 3.72. The first-order valence-electron chi connectivity index (χ1n) is 12.5. The summed E-state index contributed by atoms with van der Waals surface area (Å²) in [5.41, 5.74) is 1.16. The van der Waals surface area contributed by atoms with Crippen molar-refractivity contribution < 1.29 is 23.8 Å². The van der Waals surface area contributed by atoms with Crippen LogP contribution in [-0.4, -0.2) is 64.5 Å². The van der Waals surface area contributed by atoms with Gasteiger partial charge in [-0.05, 0) is 50.5 Å². The van der Waals surface area contributed by atoms with E-state index in [0.717, 1.165) is 30.6 Å². The number of benzene rings is 2. The van der Waals surface area contributed by atoms with Crippen molar-refractivity contribution in [2.75, 3.05) is 31.1 Å². The molecule has 1 N–H and O–H groups in total. The Kier molecular flexibility index (Phi) is 6.17. The molecule has 7 nitrogen and oxygen atoms in total. The minimum Gasteiger partial charge on any atom is -0.464 e. The molecule has 2 fully saturated rings. The fourth-order valence-electron chi connectivity index (χ4n) is 4.96. The molecular formula is C27H32FN3O4. The predicted molar refractivity (Wildman–Crippen MR) is 130 cm³/mol. The van der Waals surface area contributed by atoms with E-state index in [1.165, 1.54) is 12.1 Å². The summed E-state index contributed by atoms with van der Waals surface area (Å²) >= 11 is 0. The number of amides is 2. The largest absolute Gasteiger partial charge is 0.464 e. The molecule has 1 saturated heterocycles. The number of unbranched alkanes of at least 4 members (excludes halogenated alkanes) is 1. The van der Waals surface area contributed by atoms with Gasteiger partial charge in [0.25, 0.3) is 11.8 Å². The Morgan fingerprint density at radius 1 is 1.14 bits per heavy atom. The van der Waals surface area contributed by atoms with Gasteiger partial charge >= 0.3 is 0 Å². The Morgan fingerprint density at radius 2 is 1.89 bits per heavy atom. The van der Waals surface area contributed by atoms with Crippen molar-refractivity contribution in [3.63, 3.8) is 0 Å². The van der Waals surface area contributed by atoms with Gasteiger partial charge in [0.15, 0.2) is 6.23 Å². The molecule has 0 spiro atoms. The summed E-state index contributed by atoms with van der Waals surface area (Å²) in [4.78, 5) is 31.3. The van der Waals surface area contributed by atoms with Crippen LogP contribution in [-0.2, 0) is 4.79 Å². The average Bonchev–Trinajstić information content (AvgIpc) is 3.51. The molecule has 1 unspecified atom stereocenters. The van der Waals surface area contributed by atoms with Gasteiger partial charge in [-0.25, -0.2) is 4.39 Å². The molecule has 0 aromatic heterocycles. The first-order valence-corrected chi connectivity index (χ1v) is 12.5. The zero-order chi connectivity index (χ0) is 24.7. The van der Waals surface area contributed by atoms with E-state index in [9.17, 15) is 19.1 Å². The number of nitrogens with zero attached hydrogens (tertiary/aromatic N) is 3. The van der Waals surface area contributed by atoms with Gasteiger partial charge in [-0.2, -0.15) is 0 Å². The number of aliphatic hydroxyl groups is 1. The van der Waals surface area contributed by atoms with Gasteiger partial charge in [0, 0.05) is 49.4 Å². The Balaban J connectivity index is 1.27. The second-order valence-corrected chi connectivity index (χ2v) is 9.88. The summed E-state index contributed by atoms with van der Waals surface area (Å²) < 4.78 is 19.9. The second-order valence-electron chi connectivity index (χ2n) is 9.88. The van der Waals surface area contributed by atoms with Gasteiger partial charge in [-0.1, -0.05) is 25.5 Å². The van der Waals surface area contributed by atoms with Crippen LogP contribution in [0.25, 0.3) is 0 Å². The van der Waals surface area contributed by atoms with Gasteiger partial charge in [0.2, 0.25) is 0 Å². The molecule has 2 aliphatic heterocycles. The molecule has 0 radical (unpaired) electrons. The van der Waals surface area contributed by atoms with Crippen LogP contribution in [0, 0.1) is 5.82 Å². The van der Waals surface area contributed by atoms with E-state index >= 15 is 0 Å². The molecule has 3 aliphatic rings. The highest BCUT2D eigenvalue weighted by Crippen LogP contribution is 2.44. The molecule has 186 valence electrons. The van der Waals surface area contributed by atoms with E-state index in [2.05, 4.69) is 11.8 Å².